The normalized spacial score (nSPS) is 13.7. The highest BCUT2D eigenvalue weighted by atomic mass is 16.5. The van der Waals surface area contributed by atoms with E-state index in [-0.39, 0.29) is 5.91 Å². The lowest BCUT2D eigenvalue weighted by Gasteiger charge is -2.16. The SMILES string of the molecule is COc1ccc(-c2nc(Nc3ccccc3)c3ncn(CCN4CCCC4=O)c3n2)cc1. The fraction of sp³-hybridized carbons (Fsp3) is 0.250. The van der Waals surface area contributed by atoms with Crippen LogP contribution in [-0.4, -0.2) is 50.5 Å². The van der Waals surface area contributed by atoms with Gasteiger partial charge in [-0.1, -0.05) is 18.2 Å². The van der Waals surface area contributed by atoms with Crippen molar-refractivity contribution in [2.24, 2.45) is 0 Å². The standard InChI is InChI=1S/C24H24N6O2/c1-32-19-11-9-17(10-12-19)22-27-23(26-18-6-3-2-4-7-18)21-24(28-22)30(16-25-21)15-14-29-13-5-8-20(29)31/h2-4,6-7,9-12,16H,5,8,13-15H2,1H3,(H,26,27,28). The van der Waals surface area contributed by atoms with Crippen LogP contribution in [0, 0.1) is 0 Å². The Bertz CT molecular complexity index is 1240. The number of hydrogen-bond acceptors (Lipinski definition) is 6. The number of methoxy groups -OCH3 is 1. The summed E-state index contributed by atoms with van der Waals surface area (Å²) in [4.78, 5) is 28.1. The number of likely N-dealkylation sites (tertiary alicyclic amines) is 1. The Morgan fingerprint density at radius 2 is 1.84 bits per heavy atom. The number of para-hydroxylation sites is 1. The van der Waals surface area contributed by atoms with E-state index in [0.29, 0.717) is 36.7 Å². The molecule has 4 aromatic rings. The van der Waals surface area contributed by atoms with Crippen molar-refractivity contribution in [3.8, 4) is 17.1 Å². The summed E-state index contributed by atoms with van der Waals surface area (Å²) in [5.74, 6) is 2.23. The molecule has 1 aliphatic rings. The number of imidazole rings is 1. The number of ether oxygens (including phenoxy) is 1. The molecule has 0 atom stereocenters. The number of rotatable bonds is 7. The molecule has 8 nitrogen and oxygen atoms in total. The van der Waals surface area contributed by atoms with Crippen LogP contribution >= 0.6 is 0 Å². The van der Waals surface area contributed by atoms with Gasteiger partial charge in [-0.3, -0.25) is 4.79 Å². The molecule has 2 aromatic carbocycles. The minimum Gasteiger partial charge on any atom is -0.497 e. The molecule has 0 aliphatic carbocycles. The Labute approximate surface area is 185 Å². The third kappa shape index (κ3) is 3.99. The number of aromatic nitrogens is 4. The van der Waals surface area contributed by atoms with Crippen LogP contribution in [0.25, 0.3) is 22.6 Å². The Balaban J connectivity index is 1.53. The van der Waals surface area contributed by atoms with Gasteiger partial charge in [-0.15, -0.1) is 0 Å². The smallest absolute Gasteiger partial charge is 0.222 e. The first kappa shape index (κ1) is 20.0. The molecule has 0 unspecified atom stereocenters. The number of hydrogen-bond donors (Lipinski definition) is 1. The van der Waals surface area contributed by atoms with E-state index in [4.69, 9.17) is 14.7 Å². The second-order valence-electron chi connectivity index (χ2n) is 7.71. The van der Waals surface area contributed by atoms with Gasteiger partial charge in [0.2, 0.25) is 5.91 Å². The van der Waals surface area contributed by atoms with Gasteiger partial charge < -0.3 is 19.5 Å². The fourth-order valence-corrected chi connectivity index (χ4v) is 3.89. The largest absolute Gasteiger partial charge is 0.497 e. The van der Waals surface area contributed by atoms with Crippen molar-refractivity contribution in [2.45, 2.75) is 19.4 Å². The molecule has 1 aliphatic heterocycles. The number of carbonyl (C=O) groups excluding carboxylic acids is 1. The highest BCUT2D eigenvalue weighted by molar-refractivity contribution is 5.87. The molecule has 1 fully saturated rings. The molecule has 3 heterocycles. The molecule has 0 radical (unpaired) electrons. The lowest BCUT2D eigenvalue weighted by molar-refractivity contribution is -0.127. The zero-order valence-electron chi connectivity index (χ0n) is 17.9. The maximum absolute atomic E-state index is 12.0. The predicted octanol–water partition coefficient (Wildman–Crippen LogP) is 3.87. The molecular formula is C24H24N6O2. The molecular weight excluding hydrogens is 404 g/mol. The maximum atomic E-state index is 12.0. The third-order valence-corrected chi connectivity index (χ3v) is 5.63. The van der Waals surface area contributed by atoms with Gasteiger partial charge in [-0.25, -0.2) is 15.0 Å². The average Bonchev–Trinajstić information content (AvgIpc) is 3.44. The van der Waals surface area contributed by atoms with Gasteiger partial charge in [0, 0.05) is 37.3 Å². The summed E-state index contributed by atoms with van der Waals surface area (Å²) < 4.78 is 7.27. The molecule has 1 N–H and O–H groups in total. The van der Waals surface area contributed by atoms with Gasteiger partial charge in [-0.05, 0) is 42.8 Å². The first-order chi connectivity index (χ1) is 15.7. The lowest BCUT2D eigenvalue weighted by Crippen LogP contribution is -2.28. The summed E-state index contributed by atoms with van der Waals surface area (Å²) in [6.45, 7) is 2.10. The van der Waals surface area contributed by atoms with Crippen LogP contribution < -0.4 is 10.1 Å². The molecule has 0 saturated carbocycles. The van der Waals surface area contributed by atoms with Crippen molar-refractivity contribution < 1.29 is 9.53 Å². The first-order valence-electron chi connectivity index (χ1n) is 10.7. The average molecular weight is 428 g/mol. The van der Waals surface area contributed by atoms with E-state index in [2.05, 4.69) is 10.3 Å². The van der Waals surface area contributed by atoms with Crippen LogP contribution in [0.1, 0.15) is 12.8 Å². The number of nitrogens with one attached hydrogen (secondary N) is 1. The van der Waals surface area contributed by atoms with E-state index in [0.717, 1.165) is 35.6 Å². The third-order valence-electron chi connectivity index (χ3n) is 5.63. The molecule has 5 rings (SSSR count). The Kier molecular flexibility index (Phi) is 5.41. The van der Waals surface area contributed by atoms with E-state index in [9.17, 15) is 4.79 Å². The summed E-state index contributed by atoms with van der Waals surface area (Å²) in [6.07, 6.45) is 3.34. The van der Waals surface area contributed by atoms with Crippen molar-refractivity contribution in [1.29, 1.82) is 0 Å². The van der Waals surface area contributed by atoms with E-state index < -0.39 is 0 Å². The summed E-state index contributed by atoms with van der Waals surface area (Å²) >= 11 is 0. The highest BCUT2D eigenvalue weighted by Gasteiger charge is 2.21. The molecule has 1 saturated heterocycles. The summed E-state index contributed by atoms with van der Waals surface area (Å²) in [6, 6.07) is 17.5. The Morgan fingerprint density at radius 1 is 1.03 bits per heavy atom. The quantitative estimate of drug-likeness (QED) is 0.481. The van der Waals surface area contributed by atoms with Crippen molar-refractivity contribution in [3.63, 3.8) is 0 Å². The van der Waals surface area contributed by atoms with Crippen LogP contribution in [0.4, 0.5) is 11.5 Å². The van der Waals surface area contributed by atoms with Gasteiger partial charge in [-0.2, -0.15) is 0 Å². The van der Waals surface area contributed by atoms with Gasteiger partial charge in [0.25, 0.3) is 0 Å². The minimum absolute atomic E-state index is 0.217. The number of carbonyl (C=O) groups is 1. The highest BCUT2D eigenvalue weighted by Crippen LogP contribution is 2.27. The van der Waals surface area contributed by atoms with Crippen LogP contribution in [0.15, 0.2) is 60.9 Å². The second kappa shape index (κ2) is 8.66. The van der Waals surface area contributed by atoms with Crippen LogP contribution in [-0.2, 0) is 11.3 Å². The Hall–Kier alpha value is -3.94. The molecule has 1 amide bonds. The number of benzene rings is 2. The van der Waals surface area contributed by atoms with E-state index in [1.165, 1.54) is 0 Å². The minimum atomic E-state index is 0.217. The van der Waals surface area contributed by atoms with Gasteiger partial charge in [0.1, 0.15) is 5.75 Å². The van der Waals surface area contributed by atoms with E-state index >= 15 is 0 Å². The Morgan fingerprint density at radius 3 is 2.56 bits per heavy atom. The second-order valence-corrected chi connectivity index (χ2v) is 7.71. The molecule has 2 aromatic heterocycles. The van der Waals surface area contributed by atoms with Crippen LogP contribution in [0.5, 0.6) is 5.75 Å². The van der Waals surface area contributed by atoms with E-state index in [1.54, 1.807) is 13.4 Å². The van der Waals surface area contributed by atoms with Crippen molar-refractivity contribution in [2.75, 3.05) is 25.5 Å². The topological polar surface area (TPSA) is 85.2 Å². The van der Waals surface area contributed by atoms with Crippen molar-refractivity contribution >= 4 is 28.6 Å². The summed E-state index contributed by atoms with van der Waals surface area (Å²) in [7, 11) is 1.64. The summed E-state index contributed by atoms with van der Waals surface area (Å²) in [5, 5.41) is 3.38. The van der Waals surface area contributed by atoms with Crippen LogP contribution in [0.3, 0.4) is 0 Å². The number of fused-ring (bicyclic) bond motifs is 1. The predicted molar refractivity (Wildman–Crippen MR) is 123 cm³/mol. The van der Waals surface area contributed by atoms with Gasteiger partial charge in [0.15, 0.2) is 22.8 Å². The van der Waals surface area contributed by atoms with Crippen molar-refractivity contribution in [1.82, 2.24) is 24.4 Å². The number of nitrogens with zero attached hydrogens (tertiary/aromatic N) is 5. The van der Waals surface area contributed by atoms with Gasteiger partial charge >= 0.3 is 0 Å². The van der Waals surface area contributed by atoms with E-state index in [1.807, 2.05) is 64.1 Å². The number of amides is 1. The van der Waals surface area contributed by atoms with Crippen molar-refractivity contribution in [3.05, 3.63) is 60.9 Å². The monoisotopic (exact) mass is 428 g/mol. The molecule has 0 bridgehead atoms. The first-order valence-corrected chi connectivity index (χ1v) is 10.7. The summed E-state index contributed by atoms with van der Waals surface area (Å²) in [5.41, 5.74) is 3.23. The molecule has 8 heteroatoms. The molecule has 162 valence electrons. The maximum Gasteiger partial charge on any atom is 0.222 e. The fourth-order valence-electron chi connectivity index (χ4n) is 3.89. The molecule has 0 spiro atoms. The lowest BCUT2D eigenvalue weighted by atomic mass is 10.2. The van der Waals surface area contributed by atoms with Crippen LogP contribution in [0.2, 0.25) is 0 Å². The number of anilines is 2. The molecule has 32 heavy (non-hydrogen) atoms. The van der Waals surface area contributed by atoms with Gasteiger partial charge in [0.05, 0.1) is 13.4 Å². The zero-order chi connectivity index (χ0) is 21.9. The zero-order valence-corrected chi connectivity index (χ0v) is 17.9.